The summed E-state index contributed by atoms with van der Waals surface area (Å²) in [6.07, 6.45) is 3.43. The predicted octanol–water partition coefficient (Wildman–Crippen LogP) is 4.38. The van der Waals surface area contributed by atoms with E-state index in [0.29, 0.717) is 6.04 Å². The lowest BCUT2D eigenvalue weighted by molar-refractivity contribution is 0.282. The van der Waals surface area contributed by atoms with Gasteiger partial charge in [-0.2, -0.15) is 0 Å². The first-order chi connectivity index (χ1) is 9.28. The molecular weight excluding hydrogens is 278 g/mol. The molecule has 1 aromatic heterocycles. The molecule has 0 saturated heterocycles. The zero-order valence-corrected chi connectivity index (χ0v) is 12.1. The number of thiophene rings is 1. The minimum absolute atomic E-state index is 0.0626. The molecule has 1 unspecified atom stereocenters. The van der Waals surface area contributed by atoms with Crippen molar-refractivity contribution in [2.45, 2.75) is 31.9 Å². The number of hydrogen-bond acceptors (Lipinski definition) is 3. The van der Waals surface area contributed by atoms with E-state index >= 15 is 0 Å². The Hall–Kier alpha value is -1.03. The SMILES string of the molecule is OCc1ccccc1NC1CCCc2sc(Cl)cc21. The summed E-state index contributed by atoms with van der Waals surface area (Å²) in [5.41, 5.74) is 3.29. The van der Waals surface area contributed by atoms with E-state index in [0.717, 1.165) is 28.4 Å². The number of halogens is 1. The number of fused-ring (bicyclic) bond motifs is 1. The van der Waals surface area contributed by atoms with Crippen LogP contribution in [-0.2, 0) is 13.0 Å². The maximum Gasteiger partial charge on any atom is 0.0934 e. The van der Waals surface area contributed by atoms with Crippen molar-refractivity contribution >= 4 is 28.6 Å². The summed E-state index contributed by atoms with van der Waals surface area (Å²) >= 11 is 7.82. The topological polar surface area (TPSA) is 32.3 Å². The molecule has 1 aliphatic rings. The van der Waals surface area contributed by atoms with Crippen LogP contribution in [-0.4, -0.2) is 5.11 Å². The molecule has 0 saturated carbocycles. The van der Waals surface area contributed by atoms with Crippen molar-refractivity contribution in [3.63, 3.8) is 0 Å². The second-order valence-corrected chi connectivity index (χ2v) is 6.60. The molecule has 0 amide bonds. The third kappa shape index (κ3) is 2.64. The maximum absolute atomic E-state index is 9.39. The van der Waals surface area contributed by atoms with Crippen molar-refractivity contribution in [2.24, 2.45) is 0 Å². The molecule has 1 aliphatic carbocycles. The van der Waals surface area contributed by atoms with E-state index in [-0.39, 0.29) is 6.61 Å². The van der Waals surface area contributed by atoms with Gasteiger partial charge in [0.05, 0.1) is 17.0 Å². The molecule has 19 heavy (non-hydrogen) atoms. The van der Waals surface area contributed by atoms with Crippen LogP contribution < -0.4 is 5.32 Å². The van der Waals surface area contributed by atoms with E-state index in [9.17, 15) is 5.11 Å². The van der Waals surface area contributed by atoms with Crippen LogP contribution in [0.25, 0.3) is 0 Å². The van der Waals surface area contributed by atoms with Gasteiger partial charge in [-0.15, -0.1) is 11.3 Å². The minimum Gasteiger partial charge on any atom is -0.392 e. The van der Waals surface area contributed by atoms with Crippen molar-refractivity contribution in [3.05, 3.63) is 50.7 Å². The Kier molecular flexibility index (Phi) is 3.78. The molecule has 1 aromatic carbocycles. The van der Waals surface area contributed by atoms with Gasteiger partial charge in [-0.1, -0.05) is 29.8 Å². The van der Waals surface area contributed by atoms with Crippen LogP contribution >= 0.6 is 22.9 Å². The van der Waals surface area contributed by atoms with Gasteiger partial charge in [0.15, 0.2) is 0 Å². The maximum atomic E-state index is 9.39. The number of aliphatic hydroxyl groups is 1. The van der Waals surface area contributed by atoms with Gasteiger partial charge in [0.1, 0.15) is 0 Å². The van der Waals surface area contributed by atoms with Crippen molar-refractivity contribution in [2.75, 3.05) is 5.32 Å². The van der Waals surface area contributed by atoms with Gasteiger partial charge < -0.3 is 10.4 Å². The molecule has 4 heteroatoms. The highest BCUT2D eigenvalue weighted by molar-refractivity contribution is 7.16. The highest BCUT2D eigenvalue weighted by atomic mass is 35.5. The zero-order chi connectivity index (χ0) is 13.2. The molecular formula is C15H16ClNOS. The molecule has 0 aliphatic heterocycles. The Balaban J connectivity index is 1.88. The average molecular weight is 294 g/mol. The normalized spacial score (nSPS) is 18.1. The monoisotopic (exact) mass is 293 g/mol. The van der Waals surface area contributed by atoms with Gasteiger partial charge in [0.2, 0.25) is 0 Å². The number of para-hydroxylation sites is 1. The molecule has 2 nitrogen and oxygen atoms in total. The van der Waals surface area contributed by atoms with Gasteiger partial charge in [-0.05, 0) is 37.0 Å². The third-order valence-electron chi connectivity index (χ3n) is 3.60. The molecule has 2 N–H and O–H groups in total. The summed E-state index contributed by atoms with van der Waals surface area (Å²) in [4.78, 5) is 1.40. The Morgan fingerprint density at radius 1 is 1.37 bits per heavy atom. The Bertz CT molecular complexity index is 581. The number of aryl methyl sites for hydroxylation is 1. The van der Waals surface area contributed by atoms with E-state index in [1.807, 2.05) is 24.3 Å². The first-order valence-electron chi connectivity index (χ1n) is 6.51. The van der Waals surface area contributed by atoms with Gasteiger partial charge in [0, 0.05) is 16.1 Å². The van der Waals surface area contributed by atoms with Crippen LogP contribution in [0.15, 0.2) is 30.3 Å². The fraction of sp³-hybridized carbons (Fsp3) is 0.333. The second kappa shape index (κ2) is 5.53. The lowest BCUT2D eigenvalue weighted by Crippen LogP contribution is -2.16. The molecule has 0 fully saturated rings. The third-order valence-corrected chi connectivity index (χ3v) is 4.94. The van der Waals surface area contributed by atoms with Gasteiger partial charge in [-0.25, -0.2) is 0 Å². The number of hydrogen-bond donors (Lipinski definition) is 2. The summed E-state index contributed by atoms with van der Waals surface area (Å²) in [5.74, 6) is 0. The fourth-order valence-corrected chi connectivity index (χ4v) is 4.04. The van der Waals surface area contributed by atoms with Crippen LogP contribution in [0, 0.1) is 0 Å². The van der Waals surface area contributed by atoms with E-state index in [1.54, 1.807) is 11.3 Å². The number of nitrogens with one attached hydrogen (secondary N) is 1. The first-order valence-corrected chi connectivity index (χ1v) is 7.71. The van der Waals surface area contributed by atoms with Gasteiger partial charge in [-0.3, -0.25) is 0 Å². The number of anilines is 1. The second-order valence-electron chi connectivity index (χ2n) is 4.83. The molecule has 100 valence electrons. The first kappa shape index (κ1) is 13.0. The summed E-state index contributed by atoms with van der Waals surface area (Å²) in [6, 6.07) is 10.3. The van der Waals surface area contributed by atoms with Crippen LogP contribution in [0.4, 0.5) is 5.69 Å². The summed E-state index contributed by atoms with van der Waals surface area (Å²) in [6.45, 7) is 0.0626. The highest BCUT2D eigenvalue weighted by Crippen LogP contribution is 2.39. The molecule has 1 atom stereocenters. The van der Waals surface area contributed by atoms with Crippen molar-refractivity contribution in [3.8, 4) is 0 Å². The largest absolute Gasteiger partial charge is 0.392 e. The Morgan fingerprint density at radius 2 is 2.21 bits per heavy atom. The molecule has 3 rings (SSSR count). The quantitative estimate of drug-likeness (QED) is 0.880. The number of rotatable bonds is 3. The fourth-order valence-electron chi connectivity index (χ4n) is 2.66. The van der Waals surface area contributed by atoms with Crippen molar-refractivity contribution < 1.29 is 5.11 Å². The van der Waals surface area contributed by atoms with Crippen LogP contribution in [0.5, 0.6) is 0 Å². The average Bonchev–Trinajstić information content (AvgIpc) is 2.81. The summed E-state index contributed by atoms with van der Waals surface area (Å²) in [7, 11) is 0. The lowest BCUT2D eigenvalue weighted by Gasteiger charge is -2.25. The number of benzene rings is 1. The van der Waals surface area contributed by atoms with E-state index in [4.69, 9.17) is 11.6 Å². The van der Waals surface area contributed by atoms with Crippen LogP contribution in [0.2, 0.25) is 4.34 Å². The molecule has 0 radical (unpaired) electrons. The minimum atomic E-state index is 0.0626. The van der Waals surface area contributed by atoms with Gasteiger partial charge in [0.25, 0.3) is 0 Å². The van der Waals surface area contributed by atoms with Gasteiger partial charge >= 0.3 is 0 Å². The molecule has 2 aromatic rings. The van der Waals surface area contributed by atoms with Crippen LogP contribution in [0.3, 0.4) is 0 Å². The Labute approximate surface area is 122 Å². The zero-order valence-electron chi connectivity index (χ0n) is 10.5. The molecule has 0 spiro atoms. The van der Waals surface area contributed by atoms with E-state index in [2.05, 4.69) is 11.4 Å². The molecule has 0 bridgehead atoms. The predicted molar refractivity (Wildman–Crippen MR) is 81.0 cm³/mol. The number of aliphatic hydroxyl groups excluding tert-OH is 1. The summed E-state index contributed by atoms with van der Waals surface area (Å²) < 4.78 is 0.870. The Morgan fingerprint density at radius 3 is 3.05 bits per heavy atom. The summed E-state index contributed by atoms with van der Waals surface area (Å²) in [5, 5.41) is 12.9. The van der Waals surface area contributed by atoms with Crippen LogP contribution in [0.1, 0.15) is 34.9 Å². The molecule has 1 heterocycles. The van der Waals surface area contributed by atoms with Crippen molar-refractivity contribution in [1.29, 1.82) is 0 Å². The van der Waals surface area contributed by atoms with E-state index in [1.165, 1.54) is 16.9 Å². The highest BCUT2D eigenvalue weighted by Gasteiger charge is 2.23. The van der Waals surface area contributed by atoms with E-state index < -0.39 is 0 Å². The lowest BCUT2D eigenvalue weighted by atomic mass is 9.93. The van der Waals surface area contributed by atoms with Crippen molar-refractivity contribution in [1.82, 2.24) is 0 Å². The standard InChI is InChI=1S/C15H16ClNOS/c16-15-8-11-13(6-3-7-14(11)19-15)17-12-5-2-1-4-10(12)9-18/h1-2,4-5,8,13,17-18H,3,6-7,9H2. The smallest absolute Gasteiger partial charge is 0.0934 e.